The molecule has 2 rings (SSSR count). The summed E-state index contributed by atoms with van der Waals surface area (Å²) in [5, 5.41) is 8.98. The van der Waals surface area contributed by atoms with Crippen LogP contribution in [-0.4, -0.2) is 35.4 Å². The van der Waals surface area contributed by atoms with Crippen molar-refractivity contribution in [2.75, 3.05) is 13.1 Å². The molecule has 1 aromatic carbocycles. The maximum Gasteiger partial charge on any atom is 0.573 e. The topological polar surface area (TPSA) is 49.8 Å². The number of carbonyl (C=O) groups is 1. The number of carboxylic acids is 1. The standard InChI is InChI=1S/C14H16F3NO3/c1-9(18-7-6-11(8-18)13(19)20)10-2-4-12(5-3-10)21-14(15,16)17/h2-5,9,11H,6-8H2,1H3,(H,19,20)/t9-,11+/m0/s1. The van der Waals surface area contributed by atoms with Gasteiger partial charge in [-0.25, -0.2) is 0 Å². The van der Waals surface area contributed by atoms with E-state index in [1.807, 2.05) is 11.8 Å². The predicted octanol–water partition coefficient (Wildman–Crippen LogP) is 3.05. The number of hydrogen-bond donors (Lipinski definition) is 1. The Balaban J connectivity index is 2.00. The first-order chi connectivity index (χ1) is 9.76. The number of rotatable bonds is 4. The molecular weight excluding hydrogens is 287 g/mol. The van der Waals surface area contributed by atoms with Gasteiger partial charge in [-0.1, -0.05) is 12.1 Å². The number of ether oxygens (including phenoxy) is 1. The maximum absolute atomic E-state index is 12.1. The first-order valence-corrected chi connectivity index (χ1v) is 6.59. The van der Waals surface area contributed by atoms with Crippen molar-refractivity contribution in [3.63, 3.8) is 0 Å². The summed E-state index contributed by atoms with van der Waals surface area (Å²) in [5.41, 5.74) is 0.829. The monoisotopic (exact) mass is 303 g/mol. The van der Waals surface area contributed by atoms with E-state index in [0.29, 0.717) is 19.5 Å². The fourth-order valence-corrected chi connectivity index (χ4v) is 2.50. The molecule has 1 aromatic rings. The number of alkyl halides is 3. The van der Waals surface area contributed by atoms with Crippen LogP contribution in [0, 0.1) is 5.92 Å². The number of nitrogens with zero attached hydrogens (tertiary/aromatic N) is 1. The van der Waals surface area contributed by atoms with Gasteiger partial charge in [0.15, 0.2) is 0 Å². The summed E-state index contributed by atoms with van der Waals surface area (Å²) in [7, 11) is 0. The second kappa shape index (κ2) is 5.93. The third-order valence-corrected chi connectivity index (χ3v) is 3.71. The van der Waals surface area contributed by atoms with E-state index >= 15 is 0 Å². The molecule has 0 radical (unpaired) electrons. The summed E-state index contributed by atoms with van der Waals surface area (Å²) in [4.78, 5) is 12.9. The summed E-state index contributed by atoms with van der Waals surface area (Å²) in [6, 6.07) is 5.63. The Labute approximate surface area is 120 Å². The summed E-state index contributed by atoms with van der Waals surface area (Å²) in [6.07, 6.45) is -4.11. The van der Waals surface area contributed by atoms with E-state index in [1.165, 1.54) is 12.1 Å². The lowest BCUT2D eigenvalue weighted by Crippen LogP contribution is -2.26. The Morgan fingerprint density at radius 3 is 2.48 bits per heavy atom. The van der Waals surface area contributed by atoms with Crippen molar-refractivity contribution in [3.8, 4) is 5.75 Å². The van der Waals surface area contributed by atoms with E-state index in [-0.39, 0.29) is 17.7 Å². The molecule has 1 aliphatic heterocycles. The summed E-state index contributed by atoms with van der Waals surface area (Å²) in [6.45, 7) is 3.03. The van der Waals surface area contributed by atoms with Gasteiger partial charge in [0, 0.05) is 12.6 Å². The Hall–Kier alpha value is -1.76. The molecule has 1 heterocycles. The van der Waals surface area contributed by atoms with Crippen molar-refractivity contribution in [2.24, 2.45) is 5.92 Å². The molecular formula is C14H16F3NO3. The molecule has 0 saturated carbocycles. The molecule has 0 unspecified atom stereocenters. The van der Waals surface area contributed by atoms with Gasteiger partial charge in [0.1, 0.15) is 5.75 Å². The highest BCUT2D eigenvalue weighted by molar-refractivity contribution is 5.70. The quantitative estimate of drug-likeness (QED) is 0.929. The van der Waals surface area contributed by atoms with Crippen molar-refractivity contribution in [3.05, 3.63) is 29.8 Å². The van der Waals surface area contributed by atoms with Crippen LogP contribution < -0.4 is 4.74 Å². The number of benzene rings is 1. The van der Waals surface area contributed by atoms with Gasteiger partial charge in [0.05, 0.1) is 5.92 Å². The molecule has 2 atom stereocenters. The SMILES string of the molecule is C[C@@H](c1ccc(OC(F)(F)F)cc1)N1CC[C@@H](C(=O)O)C1. The van der Waals surface area contributed by atoms with Gasteiger partial charge >= 0.3 is 12.3 Å². The van der Waals surface area contributed by atoms with Crippen LogP contribution in [0.15, 0.2) is 24.3 Å². The smallest absolute Gasteiger partial charge is 0.481 e. The number of likely N-dealkylation sites (tertiary alicyclic amines) is 1. The zero-order valence-electron chi connectivity index (χ0n) is 11.4. The second-order valence-corrected chi connectivity index (χ2v) is 5.11. The fourth-order valence-electron chi connectivity index (χ4n) is 2.50. The van der Waals surface area contributed by atoms with E-state index < -0.39 is 12.3 Å². The lowest BCUT2D eigenvalue weighted by atomic mass is 10.1. The molecule has 1 fully saturated rings. The highest BCUT2D eigenvalue weighted by Crippen LogP contribution is 2.29. The van der Waals surface area contributed by atoms with Crippen molar-refractivity contribution in [2.45, 2.75) is 25.7 Å². The number of hydrogen-bond acceptors (Lipinski definition) is 3. The van der Waals surface area contributed by atoms with Gasteiger partial charge in [-0.2, -0.15) is 0 Å². The van der Waals surface area contributed by atoms with Crippen LogP contribution in [0.25, 0.3) is 0 Å². The van der Waals surface area contributed by atoms with E-state index in [0.717, 1.165) is 5.56 Å². The van der Waals surface area contributed by atoms with Crippen LogP contribution in [-0.2, 0) is 4.79 Å². The van der Waals surface area contributed by atoms with Crippen LogP contribution in [0.4, 0.5) is 13.2 Å². The number of halogens is 3. The molecule has 7 heteroatoms. The zero-order chi connectivity index (χ0) is 15.6. The Kier molecular flexibility index (Phi) is 4.41. The van der Waals surface area contributed by atoms with Crippen LogP contribution in [0.2, 0.25) is 0 Å². The van der Waals surface area contributed by atoms with Gasteiger partial charge < -0.3 is 9.84 Å². The minimum absolute atomic E-state index is 0.0470. The molecule has 4 nitrogen and oxygen atoms in total. The Bertz CT molecular complexity index is 501. The van der Waals surface area contributed by atoms with Crippen LogP contribution in [0.5, 0.6) is 5.75 Å². The van der Waals surface area contributed by atoms with Gasteiger partial charge in [-0.05, 0) is 37.6 Å². The van der Waals surface area contributed by atoms with Gasteiger partial charge in [0.25, 0.3) is 0 Å². The van der Waals surface area contributed by atoms with Gasteiger partial charge in [0.2, 0.25) is 0 Å². The normalized spacial score (nSPS) is 21.2. The Morgan fingerprint density at radius 2 is 2.00 bits per heavy atom. The third kappa shape index (κ3) is 4.10. The highest BCUT2D eigenvalue weighted by atomic mass is 19.4. The molecule has 0 aromatic heterocycles. The summed E-state index contributed by atoms with van der Waals surface area (Å²) < 4.78 is 40.1. The fraction of sp³-hybridized carbons (Fsp3) is 0.500. The second-order valence-electron chi connectivity index (χ2n) is 5.11. The lowest BCUT2D eigenvalue weighted by Gasteiger charge is -2.24. The summed E-state index contributed by atoms with van der Waals surface area (Å²) >= 11 is 0. The molecule has 116 valence electrons. The predicted molar refractivity (Wildman–Crippen MR) is 68.9 cm³/mol. The average Bonchev–Trinajstić information content (AvgIpc) is 2.86. The van der Waals surface area contributed by atoms with Crippen molar-refractivity contribution in [1.82, 2.24) is 4.90 Å². The number of aliphatic carboxylic acids is 1. The minimum atomic E-state index is -4.70. The van der Waals surface area contributed by atoms with Crippen LogP contribution >= 0.6 is 0 Å². The molecule has 1 N–H and O–H groups in total. The van der Waals surface area contributed by atoms with Gasteiger partial charge in [-0.15, -0.1) is 13.2 Å². The van der Waals surface area contributed by atoms with Crippen LogP contribution in [0.3, 0.4) is 0 Å². The van der Waals surface area contributed by atoms with Crippen molar-refractivity contribution < 1.29 is 27.8 Å². The molecule has 0 amide bonds. The van der Waals surface area contributed by atoms with Crippen molar-refractivity contribution in [1.29, 1.82) is 0 Å². The van der Waals surface area contributed by atoms with Gasteiger partial charge in [-0.3, -0.25) is 9.69 Å². The van der Waals surface area contributed by atoms with E-state index in [4.69, 9.17) is 5.11 Å². The van der Waals surface area contributed by atoms with E-state index in [1.54, 1.807) is 12.1 Å². The zero-order valence-corrected chi connectivity index (χ0v) is 11.4. The Morgan fingerprint density at radius 1 is 1.38 bits per heavy atom. The average molecular weight is 303 g/mol. The molecule has 21 heavy (non-hydrogen) atoms. The minimum Gasteiger partial charge on any atom is -0.481 e. The molecule has 0 spiro atoms. The van der Waals surface area contributed by atoms with E-state index in [2.05, 4.69) is 4.74 Å². The first-order valence-electron chi connectivity index (χ1n) is 6.59. The number of carboxylic acid groups (broad SMARTS) is 1. The largest absolute Gasteiger partial charge is 0.573 e. The summed E-state index contributed by atoms with van der Waals surface area (Å²) in [5.74, 6) is -1.44. The maximum atomic E-state index is 12.1. The van der Waals surface area contributed by atoms with Crippen LogP contribution in [0.1, 0.15) is 24.9 Å². The van der Waals surface area contributed by atoms with E-state index in [9.17, 15) is 18.0 Å². The lowest BCUT2D eigenvalue weighted by molar-refractivity contribution is -0.274. The first kappa shape index (κ1) is 15.6. The molecule has 1 saturated heterocycles. The van der Waals surface area contributed by atoms with Crippen molar-refractivity contribution >= 4 is 5.97 Å². The molecule has 0 bridgehead atoms. The molecule has 1 aliphatic rings. The molecule has 0 aliphatic carbocycles. The third-order valence-electron chi connectivity index (χ3n) is 3.71. The highest BCUT2D eigenvalue weighted by Gasteiger charge is 2.32.